The molecular formula is C16H26N2O. The monoisotopic (exact) mass is 262 g/mol. The third-order valence-corrected chi connectivity index (χ3v) is 4.07. The van der Waals surface area contributed by atoms with Crippen LogP contribution in [-0.4, -0.2) is 24.7 Å². The van der Waals surface area contributed by atoms with Gasteiger partial charge in [-0.2, -0.15) is 0 Å². The number of nitrogens with one attached hydrogen (secondary N) is 1. The summed E-state index contributed by atoms with van der Waals surface area (Å²) in [5.74, 6) is 1.62. The van der Waals surface area contributed by atoms with Crippen molar-refractivity contribution in [2.75, 3.05) is 13.7 Å². The van der Waals surface area contributed by atoms with Crippen molar-refractivity contribution in [1.82, 2.24) is 10.3 Å². The van der Waals surface area contributed by atoms with E-state index in [2.05, 4.69) is 23.3 Å². The van der Waals surface area contributed by atoms with Crippen LogP contribution < -0.4 is 10.1 Å². The molecule has 0 spiro atoms. The molecule has 1 unspecified atom stereocenters. The molecule has 1 atom stereocenters. The standard InChI is InChI=1S/C16H26N2O/c1-3-17-15(10-13-6-4-5-7-13)11-14-8-9-16(19-2)18-12-14/h8-9,12-13,15,17H,3-7,10-11H2,1-2H3. The molecule has 0 aromatic carbocycles. The maximum atomic E-state index is 5.10. The Morgan fingerprint density at radius 2 is 2.16 bits per heavy atom. The Morgan fingerprint density at radius 3 is 2.74 bits per heavy atom. The number of aromatic nitrogens is 1. The summed E-state index contributed by atoms with van der Waals surface area (Å²) >= 11 is 0. The summed E-state index contributed by atoms with van der Waals surface area (Å²) in [6.07, 6.45) is 10.0. The Morgan fingerprint density at radius 1 is 1.37 bits per heavy atom. The second kappa shape index (κ2) is 7.49. The van der Waals surface area contributed by atoms with Crippen molar-refractivity contribution in [3.05, 3.63) is 23.9 Å². The molecule has 1 aliphatic rings. The van der Waals surface area contributed by atoms with Crippen LogP contribution in [0.25, 0.3) is 0 Å². The number of ether oxygens (including phenoxy) is 1. The van der Waals surface area contributed by atoms with Gasteiger partial charge in [0.2, 0.25) is 5.88 Å². The molecule has 3 nitrogen and oxygen atoms in total. The van der Waals surface area contributed by atoms with Gasteiger partial charge >= 0.3 is 0 Å². The summed E-state index contributed by atoms with van der Waals surface area (Å²) in [5.41, 5.74) is 1.30. The summed E-state index contributed by atoms with van der Waals surface area (Å²) in [5, 5.41) is 3.63. The zero-order valence-corrected chi connectivity index (χ0v) is 12.2. The number of rotatable bonds is 7. The highest BCUT2D eigenvalue weighted by Gasteiger charge is 2.20. The molecule has 0 bridgehead atoms. The molecule has 1 aromatic rings. The van der Waals surface area contributed by atoms with Crippen molar-refractivity contribution in [2.24, 2.45) is 5.92 Å². The van der Waals surface area contributed by atoms with Gasteiger partial charge in [-0.1, -0.05) is 38.7 Å². The Bertz CT molecular complexity index is 358. The second-order valence-corrected chi connectivity index (χ2v) is 5.55. The zero-order chi connectivity index (χ0) is 13.5. The van der Waals surface area contributed by atoms with Gasteiger partial charge in [0.05, 0.1) is 7.11 Å². The predicted octanol–water partition coefficient (Wildman–Crippen LogP) is 3.19. The average Bonchev–Trinajstić information content (AvgIpc) is 2.93. The third kappa shape index (κ3) is 4.50. The van der Waals surface area contributed by atoms with E-state index < -0.39 is 0 Å². The van der Waals surface area contributed by atoms with Crippen molar-refractivity contribution >= 4 is 0 Å². The molecule has 19 heavy (non-hydrogen) atoms. The highest BCUT2D eigenvalue weighted by molar-refractivity contribution is 5.18. The number of pyridine rings is 1. The van der Waals surface area contributed by atoms with Gasteiger partial charge in [0.15, 0.2) is 0 Å². The number of methoxy groups -OCH3 is 1. The number of nitrogens with zero attached hydrogens (tertiary/aromatic N) is 1. The summed E-state index contributed by atoms with van der Waals surface area (Å²) in [7, 11) is 1.66. The minimum Gasteiger partial charge on any atom is -0.481 e. The van der Waals surface area contributed by atoms with Crippen LogP contribution in [0.5, 0.6) is 5.88 Å². The zero-order valence-electron chi connectivity index (χ0n) is 12.2. The van der Waals surface area contributed by atoms with E-state index in [0.717, 1.165) is 18.9 Å². The number of likely N-dealkylation sites (N-methyl/N-ethyl adjacent to an activating group) is 1. The SMILES string of the molecule is CCNC(Cc1ccc(OC)nc1)CC1CCCC1. The van der Waals surface area contributed by atoms with Crippen LogP contribution in [0.4, 0.5) is 0 Å². The molecular weight excluding hydrogens is 236 g/mol. The van der Waals surface area contributed by atoms with Gasteiger partial charge in [0.1, 0.15) is 0 Å². The lowest BCUT2D eigenvalue weighted by Gasteiger charge is -2.21. The molecule has 0 saturated heterocycles. The van der Waals surface area contributed by atoms with Crippen LogP contribution in [0.1, 0.15) is 44.6 Å². The largest absolute Gasteiger partial charge is 0.481 e. The Kier molecular flexibility index (Phi) is 5.64. The molecule has 0 aliphatic heterocycles. The first-order chi connectivity index (χ1) is 9.31. The maximum Gasteiger partial charge on any atom is 0.212 e. The first-order valence-electron chi connectivity index (χ1n) is 7.54. The predicted molar refractivity (Wildman–Crippen MR) is 78.5 cm³/mol. The van der Waals surface area contributed by atoms with Gasteiger partial charge in [-0.25, -0.2) is 4.98 Å². The molecule has 0 radical (unpaired) electrons. The molecule has 1 aromatic heterocycles. The molecule has 1 fully saturated rings. The lowest BCUT2D eigenvalue weighted by atomic mass is 9.94. The van der Waals surface area contributed by atoms with E-state index in [-0.39, 0.29) is 0 Å². The number of hydrogen-bond donors (Lipinski definition) is 1. The molecule has 3 heteroatoms. The minimum atomic E-state index is 0.586. The van der Waals surface area contributed by atoms with Crippen molar-refractivity contribution in [2.45, 2.75) is 51.5 Å². The van der Waals surface area contributed by atoms with E-state index in [4.69, 9.17) is 4.74 Å². The van der Waals surface area contributed by atoms with Crippen LogP contribution >= 0.6 is 0 Å². The van der Waals surface area contributed by atoms with E-state index >= 15 is 0 Å². The fourth-order valence-electron chi connectivity index (χ4n) is 3.11. The topological polar surface area (TPSA) is 34.1 Å². The average molecular weight is 262 g/mol. The number of hydrogen-bond acceptors (Lipinski definition) is 3. The van der Waals surface area contributed by atoms with Crippen molar-refractivity contribution < 1.29 is 4.74 Å². The van der Waals surface area contributed by atoms with E-state index in [0.29, 0.717) is 11.9 Å². The molecule has 1 heterocycles. The van der Waals surface area contributed by atoms with Crippen molar-refractivity contribution in [3.8, 4) is 5.88 Å². The molecule has 2 rings (SSSR count). The molecule has 0 amide bonds. The van der Waals surface area contributed by atoms with Gasteiger partial charge < -0.3 is 10.1 Å². The van der Waals surface area contributed by atoms with E-state index in [1.54, 1.807) is 7.11 Å². The van der Waals surface area contributed by atoms with Crippen LogP contribution in [0.2, 0.25) is 0 Å². The van der Waals surface area contributed by atoms with Crippen LogP contribution in [-0.2, 0) is 6.42 Å². The quantitative estimate of drug-likeness (QED) is 0.819. The summed E-state index contributed by atoms with van der Waals surface area (Å²) in [6, 6.07) is 4.67. The van der Waals surface area contributed by atoms with E-state index in [1.165, 1.54) is 37.7 Å². The Labute approximate surface area is 116 Å². The Hall–Kier alpha value is -1.09. The van der Waals surface area contributed by atoms with Crippen LogP contribution in [0.3, 0.4) is 0 Å². The van der Waals surface area contributed by atoms with Gasteiger partial charge in [-0.05, 0) is 30.9 Å². The summed E-state index contributed by atoms with van der Waals surface area (Å²) < 4.78 is 5.10. The van der Waals surface area contributed by atoms with Crippen molar-refractivity contribution in [3.63, 3.8) is 0 Å². The highest BCUT2D eigenvalue weighted by Crippen LogP contribution is 2.29. The first kappa shape index (κ1) is 14.3. The minimum absolute atomic E-state index is 0.586. The van der Waals surface area contributed by atoms with E-state index in [9.17, 15) is 0 Å². The maximum absolute atomic E-state index is 5.10. The fraction of sp³-hybridized carbons (Fsp3) is 0.688. The van der Waals surface area contributed by atoms with Crippen LogP contribution in [0, 0.1) is 5.92 Å². The second-order valence-electron chi connectivity index (χ2n) is 5.55. The normalized spacial score (nSPS) is 17.6. The van der Waals surface area contributed by atoms with Gasteiger partial charge in [0, 0.05) is 18.3 Å². The molecule has 1 aliphatic carbocycles. The smallest absolute Gasteiger partial charge is 0.212 e. The molecule has 106 valence electrons. The fourth-order valence-corrected chi connectivity index (χ4v) is 3.11. The first-order valence-corrected chi connectivity index (χ1v) is 7.54. The molecule has 1 N–H and O–H groups in total. The lowest BCUT2D eigenvalue weighted by Crippen LogP contribution is -2.32. The lowest BCUT2D eigenvalue weighted by molar-refractivity contribution is 0.387. The van der Waals surface area contributed by atoms with E-state index in [1.807, 2.05) is 12.3 Å². The van der Waals surface area contributed by atoms with Crippen LogP contribution in [0.15, 0.2) is 18.3 Å². The van der Waals surface area contributed by atoms with Crippen molar-refractivity contribution in [1.29, 1.82) is 0 Å². The highest BCUT2D eigenvalue weighted by atomic mass is 16.5. The van der Waals surface area contributed by atoms with Gasteiger partial charge in [-0.3, -0.25) is 0 Å². The van der Waals surface area contributed by atoms with Gasteiger partial charge in [-0.15, -0.1) is 0 Å². The van der Waals surface area contributed by atoms with Gasteiger partial charge in [0.25, 0.3) is 0 Å². The Balaban J connectivity index is 1.90. The summed E-state index contributed by atoms with van der Waals surface area (Å²) in [4.78, 5) is 4.29. The third-order valence-electron chi connectivity index (χ3n) is 4.07. The summed E-state index contributed by atoms with van der Waals surface area (Å²) in [6.45, 7) is 3.23. The molecule has 1 saturated carbocycles.